The molecule has 6 nitrogen and oxygen atoms in total. The topological polar surface area (TPSA) is 83.6 Å². The fourth-order valence-electron chi connectivity index (χ4n) is 1.34. The van der Waals surface area contributed by atoms with Crippen LogP contribution in [0.5, 0.6) is 0 Å². The summed E-state index contributed by atoms with van der Waals surface area (Å²) in [5.74, 6) is -0.498. The Hall–Kier alpha value is -1.82. The average molecular weight is 240 g/mol. The number of carbonyl (C=O) groups is 1. The van der Waals surface area contributed by atoms with Gasteiger partial charge in [0, 0.05) is 25.1 Å². The third-order valence-electron chi connectivity index (χ3n) is 2.04. The van der Waals surface area contributed by atoms with Crippen LogP contribution >= 0.6 is 0 Å². The highest BCUT2D eigenvalue weighted by Crippen LogP contribution is 1.98. The predicted molar refractivity (Wildman–Crippen MR) is 62.5 cm³/mol. The first-order valence-electron chi connectivity index (χ1n) is 5.17. The molecule has 2 N–H and O–H groups in total. The number of hydrogen-bond acceptors (Lipinski definition) is 5. The largest absolute Gasteiger partial charge is 0.459 e. The molecule has 0 aliphatic heterocycles. The van der Waals surface area contributed by atoms with E-state index in [4.69, 9.17) is 15.2 Å². The normalized spacial score (nSPS) is 12.1. The number of nitrogen functional groups attached to an aromatic ring is 1. The smallest absolute Gasteiger partial charge is 0.326 e. The molecule has 0 spiro atoms. The molecule has 0 fully saturated rings. The summed E-state index contributed by atoms with van der Waals surface area (Å²) in [5.41, 5.74) is 5.64. The zero-order valence-electron chi connectivity index (χ0n) is 9.88. The molecular weight excluding hydrogens is 224 g/mol. The Morgan fingerprint density at radius 1 is 1.53 bits per heavy atom. The van der Waals surface area contributed by atoms with Crippen molar-refractivity contribution in [1.29, 1.82) is 0 Å². The molecule has 0 aliphatic carbocycles. The number of methoxy groups -OCH3 is 1. The molecule has 0 saturated heterocycles. The van der Waals surface area contributed by atoms with Gasteiger partial charge in [-0.2, -0.15) is 0 Å². The molecule has 1 heterocycles. The Bertz CT molecular complexity index is 441. The minimum atomic E-state index is -0.498. The fourth-order valence-corrected chi connectivity index (χ4v) is 1.34. The van der Waals surface area contributed by atoms with Crippen molar-refractivity contribution >= 4 is 11.7 Å². The maximum Gasteiger partial charge on any atom is 0.326 e. The number of hydrogen-bond donors (Lipinski definition) is 1. The van der Waals surface area contributed by atoms with Gasteiger partial charge in [0.05, 0.1) is 6.61 Å². The number of anilines is 1. The summed E-state index contributed by atoms with van der Waals surface area (Å²) < 4.78 is 11.1. The van der Waals surface area contributed by atoms with Gasteiger partial charge in [-0.25, -0.2) is 0 Å². The SMILES string of the molecule is COCC(C)OC(=O)Cn1cc(N)ccc1=O. The second kappa shape index (κ2) is 6.05. The summed E-state index contributed by atoms with van der Waals surface area (Å²) in [6.45, 7) is 1.87. The molecule has 6 heteroatoms. The monoisotopic (exact) mass is 240 g/mol. The summed E-state index contributed by atoms with van der Waals surface area (Å²) in [5, 5.41) is 0. The van der Waals surface area contributed by atoms with E-state index in [1.54, 1.807) is 6.92 Å². The first-order valence-corrected chi connectivity index (χ1v) is 5.17. The standard InChI is InChI=1S/C11H16N2O4/c1-8(7-16-2)17-11(15)6-13-5-9(12)3-4-10(13)14/h3-5,8H,6-7,12H2,1-2H3. The zero-order valence-corrected chi connectivity index (χ0v) is 9.88. The van der Waals surface area contributed by atoms with Crippen LogP contribution in [-0.2, 0) is 20.8 Å². The van der Waals surface area contributed by atoms with Crippen LogP contribution in [0.1, 0.15) is 6.92 Å². The van der Waals surface area contributed by atoms with Crippen molar-refractivity contribution in [1.82, 2.24) is 4.57 Å². The molecule has 94 valence electrons. The molecule has 1 aromatic rings. The molecule has 0 radical (unpaired) electrons. The van der Waals surface area contributed by atoms with Crippen LogP contribution in [0.3, 0.4) is 0 Å². The number of aromatic nitrogens is 1. The lowest BCUT2D eigenvalue weighted by molar-refractivity contribution is -0.151. The molecule has 1 atom stereocenters. The first kappa shape index (κ1) is 13.2. The third kappa shape index (κ3) is 4.28. The molecule has 0 amide bonds. The van der Waals surface area contributed by atoms with Crippen molar-refractivity contribution in [2.45, 2.75) is 19.6 Å². The number of ether oxygens (including phenoxy) is 2. The third-order valence-corrected chi connectivity index (χ3v) is 2.04. The summed E-state index contributed by atoms with van der Waals surface area (Å²) in [4.78, 5) is 22.9. The van der Waals surface area contributed by atoms with Crippen molar-refractivity contribution in [2.75, 3.05) is 19.5 Å². The first-order chi connectivity index (χ1) is 8.02. The van der Waals surface area contributed by atoms with Gasteiger partial charge in [0.2, 0.25) is 0 Å². The van der Waals surface area contributed by atoms with Crippen molar-refractivity contribution in [3.05, 3.63) is 28.7 Å². The van der Waals surface area contributed by atoms with Crippen molar-refractivity contribution in [3.8, 4) is 0 Å². The van der Waals surface area contributed by atoms with Gasteiger partial charge in [-0.1, -0.05) is 0 Å². The van der Waals surface area contributed by atoms with E-state index in [9.17, 15) is 9.59 Å². The van der Waals surface area contributed by atoms with Crippen LogP contribution in [0.25, 0.3) is 0 Å². The number of rotatable bonds is 5. The molecule has 1 unspecified atom stereocenters. The van der Waals surface area contributed by atoms with Gasteiger partial charge in [-0.05, 0) is 13.0 Å². The van der Waals surface area contributed by atoms with Gasteiger partial charge in [0.1, 0.15) is 12.6 Å². The van der Waals surface area contributed by atoms with Crippen molar-refractivity contribution < 1.29 is 14.3 Å². The second-order valence-electron chi connectivity index (χ2n) is 3.68. The Morgan fingerprint density at radius 2 is 2.24 bits per heavy atom. The quantitative estimate of drug-likeness (QED) is 0.733. The molecule has 0 aromatic carbocycles. The van der Waals surface area contributed by atoms with E-state index >= 15 is 0 Å². The minimum absolute atomic E-state index is 0.155. The number of carbonyl (C=O) groups excluding carboxylic acids is 1. The van der Waals surface area contributed by atoms with Gasteiger partial charge in [0.15, 0.2) is 0 Å². The average Bonchev–Trinajstić information content (AvgIpc) is 2.23. The lowest BCUT2D eigenvalue weighted by Crippen LogP contribution is -2.27. The number of nitrogens with zero attached hydrogens (tertiary/aromatic N) is 1. The Balaban J connectivity index is 2.62. The van der Waals surface area contributed by atoms with Crippen molar-refractivity contribution in [3.63, 3.8) is 0 Å². The molecule has 17 heavy (non-hydrogen) atoms. The molecule has 1 rings (SSSR count). The maximum absolute atomic E-state index is 11.5. The van der Waals surface area contributed by atoms with Crippen molar-refractivity contribution in [2.24, 2.45) is 0 Å². The summed E-state index contributed by atoms with van der Waals surface area (Å²) in [6, 6.07) is 2.79. The van der Waals surface area contributed by atoms with Gasteiger partial charge in [-0.15, -0.1) is 0 Å². The summed E-state index contributed by atoms with van der Waals surface area (Å²) in [7, 11) is 1.52. The lowest BCUT2D eigenvalue weighted by Gasteiger charge is -2.12. The van der Waals surface area contributed by atoms with Gasteiger partial charge in [0.25, 0.3) is 5.56 Å². The van der Waals surface area contributed by atoms with Crippen LogP contribution in [0.2, 0.25) is 0 Å². The zero-order chi connectivity index (χ0) is 12.8. The molecular formula is C11H16N2O4. The van der Waals surface area contributed by atoms with Crippen LogP contribution in [0, 0.1) is 0 Å². The molecule has 0 aliphatic rings. The fraction of sp³-hybridized carbons (Fsp3) is 0.455. The van der Waals surface area contributed by atoms with E-state index in [-0.39, 0.29) is 18.2 Å². The summed E-state index contributed by atoms with van der Waals surface area (Å²) >= 11 is 0. The number of esters is 1. The van der Waals surface area contributed by atoms with Gasteiger partial charge < -0.3 is 19.8 Å². The summed E-state index contributed by atoms with van der Waals surface area (Å²) in [6.07, 6.45) is 1.06. The minimum Gasteiger partial charge on any atom is -0.459 e. The van der Waals surface area contributed by atoms with Crippen LogP contribution in [0.4, 0.5) is 5.69 Å². The predicted octanol–water partition coefficient (Wildman–Crippen LogP) is 0.00860. The second-order valence-corrected chi connectivity index (χ2v) is 3.68. The van der Waals surface area contributed by atoms with E-state index in [1.807, 2.05) is 0 Å². The Kier molecular flexibility index (Phi) is 4.71. The number of pyridine rings is 1. The van der Waals surface area contributed by atoms with Crippen LogP contribution in [0.15, 0.2) is 23.1 Å². The molecule has 0 saturated carbocycles. The van der Waals surface area contributed by atoms with Crippen LogP contribution in [-0.4, -0.2) is 30.4 Å². The van der Waals surface area contributed by atoms with Gasteiger partial charge >= 0.3 is 5.97 Å². The van der Waals surface area contributed by atoms with E-state index in [1.165, 1.54) is 30.0 Å². The van der Waals surface area contributed by atoms with E-state index in [0.29, 0.717) is 12.3 Å². The van der Waals surface area contributed by atoms with E-state index in [2.05, 4.69) is 0 Å². The lowest BCUT2D eigenvalue weighted by atomic mass is 10.4. The molecule has 1 aromatic heterocycles. The van der Waals surface area contributed by atoms with E-state index in [0.717, 1.165) is 0 Å². The van der Waals surface area contributed by atoms with Crippen LogP contribution < -0.4 is 11.3 Å². The molecule has 0 bridgehead atoms. The van der Waals surface area contributed by atoms with E-state index < -0.39 is 5.97 Å². The maximum atomic E-state index is 11.5. The highest BCUT2D eigenvalue weighted by molar-refractivity contribution is 5.69. The highest BCUT2D eigenvalue weighted by Gasteiger charge is 2.10. The number of nitrogens with two attached hydrogens (primary N) is 1. The Morgan fingerprint density at radius 3 is 2.88 bits per heavy atom. The Labute approximate surface area is 98.9 Å². The highest BCUT2D eigenvalue weighted by atomic mass is 16.6. The van der Waals surface area contributed by atoms with Gasteiger partial charge in [-0.3, -0.25) is 9.59 Å².